The maximum absolute atomic E-state index is 11.7. The Morgan fingerprint density at radius 3 is 2.08 bits per heavy atom. The number of carbonyl (C=O) groups is 1. The summed E-state index contributed by atoms with van der Waals surface area (Å²) in [5.41, 5.74) is 6.14. The molecule has 0 fully saturated rings. The van der Waals surface area contributed by atoms with Crippen LogP contribution >= 0.6 is 0 Å². The van der Waals surface area contributed by atoms with E-state index in [1.807, 2.05) is 27.7 Å². The van der Waals surface area contributed by atoms with Gasteiger partial charge in [-0.3, -0.25) is 9.78 Å². The second-order valence-corrected chi connectivity index (χ2v) is 19.1. The van der Waals surface area contributed by atoms with Crippen molar-refractivity contribution in [2.24, 2.45) is 11.8 Å². The predicted octanol–water partition coefficient (Wildman–Crippen LogP) is 11.1. The monoisotopic (exact) mass is 832 g/mol. The molecule has 0 bridgehead atoms. The average molecular weight is 832 g/mol. The van der Waals surface area contributed by atoms with Crippen molar-refractivity contribution in [2.75, 3.05) is 0 Å². The number of hydrogen-bond acceptors (Lipinski definition) is 3. The van der Waals surface area contributed by atoms with E-state index in [0.29, 0.717) is 0 Å². The van der Waals surface area contributed by atoms with Gasteiger partial charge in [0.05, 0.1) is 13.8 Å². The number of aliphatic hydroxyl groups excluding tert-OH is 1. The van der Waals surface area contributed by atoms with Gasteiger partial charge in [0, 0.05) is 71.5 Å². The molecule has 0 saturated carbocycles. The zero-order chi connectivity index (χ0) is 33.6. The molecule has 7 rings (SSSR count). The van der Waals surface area contributed by atoms with Gasteiger partial charge in [-0.05, 0) is 53.2 Å². The van der Waals surface area contributed by atoms with Crippen LogP contribution in [-0.2, 0) is 24.9 Å². The van der Waals surface area contributed by atoms with Crippen LogP contribution in [0.1, 0.15) is 58.9 Å². The molecule has 3 heterocycles. The Bertz CT molecular complexity index is 2290. The predicted molar refractivity (Wildman–Crippen MR) is 204 cm³/mol. The van der Waals surface area contributed by atoms with Gasteiger partial charge in [-0.15, -0.1) is 17.5 Å². The Hall–Kier alpha value is -3.57. The smallest absolute Gasteiger partial charge is 0.162 e. The van der Waals surface area contributed by atoms with Crippen molar-refractivity contribution < 1.29 is 30.0 Å². The molecule has 0 spiro atoms. The minimum atomic E-state index is -1.57. The van der Waals surface area contributed by atoms with Gasteiger partial charge in [0.25, 0.3) is 0 Å². The second-order valence-electron chi connectivity index (χ2n) is 14.0. The Morgan fingerprint density at radius 2 is 1.44 bits per heavy atom. The number of aliphatic hydroxyl groups is 1. The molecular formula is C42H47IrN2O2Si-. The molecule has 4 aromatic carbocycles. The molecule has 0 unspecified atom stereocenters. The molecular weight excluding hydrogens is 785 g/mol. The number of hydrogen-bond donors (Lipinski definition) is 1. The number of aryl methyl sites for hydroxylation is 1. The topological polar surface area (TPSA) is 54.6 Å². The first-order chi connectivity index (χ1) is 22.5. The molecule has 0 aliphatic heterocycles. The summed E-state index contributed by atoms with van der Waals surface area (Å²) < 4.78 is 2.49. The molecule has 7 aromatic rings. The maximum Gasteiger partial charge on any atom is 0.162 e. The SMILES string of the molecule is CCC(CC)C(=O)/C=C(\O)C(CC)CC.Cc1c2ccccc2[c-]c2c3ncc([Si](C)(C)C)c4ccc5c6ccccc6n(c12)c5c43.[Ir]. The van der Waals surface area contributed by atoms with Gasteiger partial charge < -0.3 is 9.51 Å². The van der Waals surface area contributed by atoms with E-state index in [-0.39, 0.29) is 43.5 Å². The van der Waals surface area contributed by atoms with Gasteiger partial charge in [-0.1, -0.05) is 119 Å². The zero-order valence-corrected chi connectivity index (χ0v) is 32.9. The van der Waals surface area contributed by atoms with Gasteiger partial charge in [0.2, 0.25) is 0 Å². The van der Waals surface area contributed by atoms with Crippen molar-refractivity contribution in [1.29, 1.82) is 0 Å². The zero-order valence-electron chi connectivity index (χ0n) is 29.5. The average Bonchev–Trinajstić information content (AvgIpc) is 3.40. The summed E-state index contributed by atoms with van der Waals surface area (Å²) in [6.07, 6.45) is 7.06. The van der Waals surface area contributed by atoms with Crippen LogP contribution in [0.25, 0.3) is 59.8 Å². The first-order valence-electron chi connectivity index (χ1n) is 17.3. The van der Waals surface area contributed by atoms with Crippen LogP contribution in [0.2, 0.25) is 19.6 Å². The Kier molecular flexibility index (Phi) is 10.5. The van der Waals surface area contributed by atoms with E-state index >= 15 is 0 Å². The number of carbonyl (C=O) groups excluding carboxylic acids is 1. The molecule has 0 atom stereocenters. The van der Waals surface area contributed by atoms with E-state index in [1.165, 1.54) is 60.3 Å². The van der Waals surface area contributed by atoms with Crippen molar-refractivity contribution in [2.45, 2.75) is 79.9 Å². The summed E-state index contributed by atoms with van der Waals surface area (Å²) in [6, 6.07) is 25.8. The molecule has 0 saturated heterocycles. The van der Waals surface area contributed by atoms with Crippen molar-refractivity contribution in [1.82, 2.24) is 9.38 Å². The summed E-state index contributed by atoms with van der Waals surface area (Å²) in [7, 11) is -1.57. The summed E-state index contributed by atoms with van der Waals surface area (Å²) in [5.74, 6) is 0.547. The molecule has 3 aromatic heterocycles. The van der Waals surface area contributed by atoms with Crippen LogP contribution in [0.3, 0.4) is 0 Å². The minimum Gasteiger partial charge on any atom is -0.512 e. The molecule has 0 aliphatic carbocycles. The number of benzene rings is 4. The first kappa shape index (κ1) is 35.7. The minimum absolute atomic E-state index is 0. The van der Waals surface area contributed by atoms with E-state index in [1.54, 1.807) is 0 Å². The van der Waals surface area contributed by atoms with Crippen molar-refractivity contribution in [3.8, 4) is 0 Å². The molecule has 0 aliphatic rings. The Morgan fingerprint density at radius 1 is 0.833 bits per heavy atom. The third kappa shape index (κ3) is 5.97. The normalized spacial score (nSPS) is 12.6. The third-order valence-corrected chi connectivity index (χ3v) is 12.2. The van der Waals surface area contributed by atoms with Crippen molar-refractivity contribution in [3.05, 3.63) is 90.3 Å². The molecule has 4 nitrogen and oxygen atoms in total. The third-order valence-electron chi connectivity index (χ3n) is 10.2. The number of fused-ring (bicyclic) bond motifs is 7. The second kappa shape index (κ2) is 14.1. The van der Waals surface area contributed by atoms with Gasteiger partial charge in [0.1, 0.15) is 0 Å². The Labute approximate surface area is 298 Å². The van der Waals surface area contributed by atoms with E-state index in [0.717, 1.165) is 42.0 Å². The maximum atomic E-state index is 11.7. The molecule has 1 N–H and O–H groups in total. The van der Waals surface area contributed by atoms with Crippen LogP contribution < -0.4 is 5.19 Å². The fourth-order valence-corrected chi connectivity index (χ4v) is 8.93. The van der Waals surface area contributed by atoms with Gasteiger partial charge in [-0.2, -0.15) is 0 Å². The molecule has 0 amide bonds. The largest absolute Gasteiger partial charge is 0.512 e. The summed E-state index contributed by atoms with van der Waals surface area (Å²) in [5, 5.41) is 20.0. The summed E-state index contributed by atoms with van der Waals surface area (Å²) >= 11 is 0. The van der Waals surface area contributed by atoms with Crippen LogP contribution in [0.5, 0.6) is 0 Å². The fraction of sp³-hybridized carbons (Fsp3) is 0.333. The number of ketones is 1. The quantitative estimate of drug-likeness (QED) is 0.0414. The van der Waals surface area contributed by atoms with Crippen LogP contribution in [0.15, 0.2) is 78.7 Å². The van der Waals surface area contributed by atoms with Crippen LogP contribution in [0.4, 0.5) is 0 Å². The number of aromatic nitrogens is 2. The van der Waals surface area contributed by atoms with Crippen LogP contribution in [-0.4, -0.2) is 28.3 Å². The summed E-state index contributed by atoms with van der Waals surface area (Å²) in [4.78, 5) is 16.9. The molecule has 251 valence electrons. The van der Waals surface area contributed by atoms with E-state index in [2.05, 4.69) is 104 Å². The van der Waals surface area contributed by atoms with Crippen LogP contribution in [0, 0.1) is 24.8 Å². The first-order valence-corrected chi connectivity index (χ1v) is 20.8. The number of allylic oxidation sites excluding steroid dienone is 2. The van der Waals surface area contributed by atoms with Gasteiger partial charge >= 0.3 is 0 Å². The number of para-hydroxylation sites is 1. The number of nitrogens with zero attached hydrogens (tertiary/aromatic N) is 2. The van der Waals surface area contributed by atoms with Crippen molar-refractivity contribution >= 4 is 78.8 Å². The van der Waals surface area contributed by atoms with Gasteiger partial charge in [0.15, 0.2) is 5.78 Å². The van der Waals surface area contributed by atoms with E-state index < -0.39 is 8.07 Å². The van der Waals surface area contributed by atoms with E-state index in [4.69, 9.17) is 4.98 Å². The summed E-state index contributed by atoms with van der Waals surface area (Å²) in [6.45, 7) is 17.5. The van der Waals surface area contributed by atoms with Gasteiger partial charge in [-0.25, -0.2) is 0 Å². The number of pyridine rings is 2. The molecule has 48 heavy (non-hydrogen) atoms. The van der Waals surface area contributed by atoms with E-state index in [9.17, 15) is 9.90 Å². The Balaban J connectivity index is 0.000000243. The standard InChI is InChI=1S/C29H23N2Si.C13H24O2.Ir/c1-17-19-10-6-5-9-18(19)15-23-27-26-22(25(16-30-27)32(2,3)4)14-13-21-20-11-7-8-12-24(20)31(28(17)23)29(21)26;1-5-10(6-2)12(14)9-13(15)11(7-3)8-4;/h5-14,16H,1-4H3;9-11,14H,5-8H2,1-4H3;/q-1;;/b;12-9-;. The fourth-order valence-electron chi connectivity index (χ4n) is 7.46. The molecule has 1 radical (unpaired) electrons. The van der Waals surface area contributed by atoms with Crippen molar-refractivity contribution in [3.63, 3.8) is 0 Å². The number of rotatable bonds is 8. The molecule has 6 heteroatoms.